The van der Waals surface area contributed by atoms with Crippen molar-refractivity contribution in [3.05, 3.63) is 46.5 Å². The molecule has 0 atom stereocenters. The molecule has 6 aliphatic heterocycles. The summed E-state index contributed by atoms with van der Waals surface area (Å²) in [4.78, 5) is 52.0. The molecule has 6 aliphatic rings. The van der Waals surface area contributed by atoms with E-state index in [1.165, 1.54) is 0 Å². The monoisotopic (exact) mass is 828 g/mol. The van der Waals surface area contributed by atoms with Gasteiger partial charge in [-0.2, -0.15) is 0 Å². The number of benzene rings is 2. The smallest absolute Gasteiger partial charge is 0.669 e. The fourth-order valence-electron chi connectivity index (χ4n) is 8.06. The summed E-state index contributed by atoms with van der Waals surface area (Å²) < 4.78 is 22.0. The van der Waals surface area contributed by atoms with Crippen LogP contribution < -0.4 is 88.5 Å². The Labute approximate surface area is 379 Å². The number of piperidine rings is 2. The summed E-state index contributed by atoms with van der Waals surface area (Å²) in [6, 6.07) is 6.49. The molecule has 58 heavy (non-hydrogen) atoms. The number of hydrogen-bond donors (Lipinski definition) is 8. The minimum absolute atomic E-state index is 0. The number of nitrogens with one attached hydrogen (secondary N) is 2. The van der Waals surface area contributed by atoms with Gasteiger partial charge in [-0.25, -0.2) is 9.59 Å². The number of fused-ring (bicyclic) bond motifs is 2. The van der Waals surface area contributed by atoms with Crippen LogP contribution in [0.3, 0.4) is 0 Å². The molecule has 0 aliphatic carbocycles. The number of carboxylic acid groups (broad SMARTS) is 2. The van der Waals surface area contributed by atoms with Crippen molar-refractivity contribution in [1.82, 2.24) is 20.4 Å². The molecular formula is C36H48B2N4Na2O14. The average molecular weight is 828 g/mol. The fraction of sp³-hybridized carbons (Fsp3) is 0.556. The molecule has 0 unspecified atom stereocenters. The zero-order valence-corrected chi connectivity index (χ0v) is 36.9. The van der Waals surface area contributed by atoms with Crippen LogP contribution in [0.4, 0.5) is 0 Å². The number of aryl methyl sites for hydroxylation is 2. The van der Waals surface area contributed by atoms with Crippen LogP contribution in [0, 0.1) is 11.8 Å². The molecule has 0 bridgehead atoms. The topological polar surface area (TPSA) is 257 Å². The van der Waals surface area contributed by atoms with Gasteiger partial charge in [0.05, 0.1) is 37.7 Å². The summed E-state index contributed by atoms with van der Waals surface area (Å²) in [5.74, 6) is -2.08. The molecule has 0 saturated carbocycles. The first-order chi connectivity index (χ1) is 26.7. The number of amides is 2. The molecule has 6 heterocycles. The predicted octanol–water partition coefficient (Wildman–Crippen LogP) is -6.33. The van der Waals surface area contributed by atoms with E-state index in [4.69, 9.17) is 18.8 Å². The molecule has 22 heteroatoms. The Morgan fingerprint density at radius 1 is 0.603 bits per heavy atom. The number of likely N-dealkylation sites (tertiary alicyclic amines) is 2. The first-order valence-corrected chi connectivity index (χ1v) is 19.4. The van der Waals surface area contributed by atoms with Crippen molar-refractivity contribution in [3.8, 4) is 23.0 Å². The standard InChI is InChI=1S/2C18H24BN2O7.2Na/c2*22-17(12-4-7-20-8-5-12)21-9-13(10-21)27-14-2-1-11-3-6-19(25,26)28-16(11)15(14)18(23)24;;/h2*1-2,12-13,20,25-26H,3-10H2,(H,23,24);;/q2*-1;2*+1. The third-order valence-electron chi connectivity index (χ3n) is 11.3. The van der Waals surface area contributed by atoms with Gasteiger partial charge >= 0.3 is 84.6 Å². The number of hydrogen-bond acceptors (Lipinski definition) is 14. The van der Waals surface area contributed by atoms with Gasteiger partial charge in [-0.3, -0.25) is 9.59 Å². The van der Waals surface area contributed by atoms with E-state index in [1.54, 1.807) is 34.1 Å². The minimum atomic E-state index is -3.07. The van der Waals surface area contributed by atoms with Crippen molar-refractivity contribution in [1.29, 1.82) is 0 Å². The van der Waals surface area contributed by atoms with Crippen LogP contribution in [0.5, 0.6) is 23.0 Å². The summed E-state index contributed by atoms with van der Waals surface area (Å²) >= 11 is 0. The van der Waals surface area contributed by atoms with Crippen molar-refractivity contribution in [2.75, 3.05) is 52.4 Å². The van der Waals surface area contributed by atoms with E-state index >= 15 is 0 Å². The van der Waals surface area contributed by atoms with Crippen LogP contribution >= 0.6 is 0 Å². The van der Waals surface area contributed by atoms with Crippen molar-refractivity contribution < 1.29 is 127 Å². The average Bonchev–Trinajstić information content (AvgIpc) is 3.13. The number of carboxylic acids is 2. The molecule has 8 N–H and O–H groups in total. The number of aromatic carboxylic acids is 2. The number of carbonyl (C=O) groups is 4. The summed E-state index contributed by atoms with van der Waals surface area (Å²) in [5.41, 5.74) is 0.771. The third kappa shape index (κ3) is 10.6. The minimum Gasteiger partial charge on any atom is -0.669 e. The Bertz CT molecular complexity index is 1720. The van der Waals surface area contributed by atoms with Crippen LogP contribution in [0.15, 0.2) is 24.3 Å². The second kappa shape index (κ2) is 19.4. The molecular weight excluding hydrogens is 780 g/mol. The third-order valence-corrected chi connectivity index (χ3v) is 11.3. The maximum atomic E-state index is 12.5. The number of carbonyl (C=O) groups excluding carboxylic acids is 2. The summed E-state index contributed by atoms with van der Waals surface area (Å²) in [6.45, 7) is -1.12. The molecule has 2 amide bonds. The Morgan fingerprint density at radius 2 is 0.948 bits per heavy atom. The summed E-state index contributed by atoms with van der Waals surface area (Å²) in [5, 5.41) is 64.9. The quantitative estimate of drug-likeness (QED) is 0.115. The largest absolute Gasteiger partial charge is 1.00 e. The van der Waals surface area contributed by atoms with E-state index in [0.717, 1.165) is 51.9 Å². The van der Waals surface area contributed by atoms with E-state index in [2.05, 4.69) is 10.6 Å². The van der Waals surface area contributed by atoms with Crippen molar-refractivity contribution in [2.24, 2.45) is 11.8 Å². The van der Waals surface area contributed by atoms with Gasteiger partial charge in [0, 0.05) is 11.8 Å². The second-order valence-electron chi connectivity index (χ2n) is 15.5. The van der Waals surface area contributed by atoms with Gasteiger partial charge in [0.1, 0.15) is 34.8 Å². The zero-order chi connectivity index (χ0) is 39.8. The Kier molecular flexibility index (Phi) is 15.6. The van der Waals surface area contributed by atoms with Crippen LogP contribution in [-0.4, -0.2) is 142 Å². The molecule has 8 rings (SSSR count). The van der Waals surface area contributed by atoms with Gasteiger partial charge in [-0.1, -0.05) is 24.8 Å². The Morgan fingerprint density at radius 3 is 1.28 bits per heavy atom. The molecule has 304 valence electrons. The number of rotatable bonds is 8. The molecule has 4 saturated heterocycles. The van der Waals surface area contributed by atoms with Crippen molar-refractivity contribution in [2.45, 2.75) is 63.4 Å². The van der Waals surface area contributed by atoms with Crippen molar-refractivity contribution in [3.63, 3.8) is 0 Å². The van der Waals surface area contributed by atoms with Gasteiger partial charge in [0.25, 0.3) is 0 Å². The van der Waals surface area contributed by atoms with E-state index in [1.807, 2.05) is 0 Å². The first kappa shape index (κ1) is 46.5. The maximum Gasteiger partial charge on any atom is 1.00 e. The van der Waals surface area contributed by atoms with E-state index in [0.29, 0.717) is 50.1 Å². The van der Waals surface area contributed by atoms with Crippen LogP contribution in [0.25, 0.3) is 0 Å². The van der Waals surface area contributed by atoms with Gasteiger partial charge in [0.15, 0.2) is 0 Å². The van der Waals surface area contributed by atoms with Gasteiger partial charge < -0.3 is 69.5 Å². The van der Waals surface area contributed by atoms with Gasteiger partial charge in [-0.15, -0.1) is 0 Å². The number of nitrogens with zero attached hydrogens (tertiary/aromatic N) is 2. The Balaban J connectivity index is 0.000000214. The molecule has 2 aromatic rings. The summed E-state index contributed by atoms with van der Waals surface area (Å²) in [6.07, 6.45) is 3.38. The van der Waals surface area contributed by atoms with Crippen LogP contribution in [-0.2, 0) is 22.4 Å². The van der Waals surface area contributed by atoms with E-state index < -0.39 is 25.4 Å². The first-order valence-electron chi connectivity index (χ1n) is 19.4. The predicted molar refractivity (Wildman–Crippen MR) is 199 cm³/mol. The fourth-order valence-corrected chi connectivity index (χ4v) is 8.06. The molecule has 0 aromatic heterocycles. The number of ether oxygens (including phenoxy) is 2. The maximum absolute atomic E-state index is 12.5. The molecule has 0 spiro atoms. The molecule has 0 radical (unpaired) electrons. The van der Waals surface area contributed by atoms with E-state index in [9.17, 15) is 49.5 Å². The van der Waals surface area contributed by atoms with Crippen LogP contribution in [0.2, 0.25) is 12.6 Å². The van der Waals surface area contributed by atoms with Gasteiger partial charge in [0.2, 0.25) is 11.8 Å². The normalized spacial score (nSPS) is 21.2. The van der Waals surface area contributed by atoms with Gasteiger partial charge in [-0.05, 0) is 88.0 Å². The molecule has 18 nitrogen and oxygen atoms in total. The SMILES string of the molecule is O=C(O)c1c(OC2CN(C(=O)C3CCNCC3)C2)ccc2c1O[B-](O)(O)CC2.O=C(O)c1c(OC2CN(C(=O)C3CCNCC3)C2)ccc2c1O[B-](O)(O)CC2.[Na+].[Na+]. The Hall–Kier alpha value is -2.59. The second-order valence-corrected chi connectivity index (χ2v) is 15.5. The van der Waals surface area contributed by atoms with Crippen molar-refractivity contribution >= 4 is 37.3 Å². The van der Waals surface area contributed by atoms with E-state index in [-0.39, 0.29) is 142 Å². The molecule has 4 fully saturated rings. The zero-order valence-electron chi connectivity index (χ0n) is 32.9. The summed E-state index contributed by atoms with van der Waals surface area (Å²) in [7, 11) is 0. The van der Waals surface area contributed by atoms with Crippen LogP contribution in [0.1, 0.15) is 57.5 Å². The molecule has 2 aromatic carbocycles.